The van der Waals surface area contributed by atoms with Crippen molar-refractivity contribution in [1.82, 2.24) is 10.6 Å². The van der Waals surface area contributed by atoms with E-state index in [-0.39, 0.29) is 22.2 Å². The topological polar surface area (TPSA) is 61.4 Å². The summed E-state index contributed by atoms with van der Waals surface area (Å²) in [5, 5.41) is 16.3. The number of amides is 1. The van der Waals surface area contributed by atoms with Gasteiger partial charge in [-0.1, -0.05) is 23.2 Å². The summed E-state index contributed by atoms with van der Waals surface area (Å²) in [7, 11) is 0. The minimum atomic E-state index is -0.347. The maximum atomic E-state index is 12.0. The van der Waals surface area contributed by atoms with E-state index in [2.05, 4.69) is 10.6 Å². The largest absolute Gasteiger partial charge is 0.506 e. The van der Waals surface area contributed by atoms with E-state index in [4.69, 9.17) is 23.2 Å². The van der Waals surface area contributed by atoms with E-state index in [9.17, 15) is 9.90 Å². The Hall–Kier alpha value is -0.970. The number of rotatable bonds is 3. The third-order valence-corrected chi connectivity index (χ3v) is 3.79. The summed E-state index contributed by atoms with van der Waals surface area (Å²) in [4.78, 5) is 12.0. The maximum Gasteiger partial charge on any atom is 0.255 e. The standard InChI is InChI=1S/C13H16Cl2N2O2/c14-9-5-10(12(18)11(15)6-9)13(19)17-7-8-1-3-16-4-2-8/h5-6,8,16,18H,1-4,7H2,(H,17,19). The molecule has 1 aliphatic heterocycles. The average molecular weight is 303 g/mol. The molecule has 2 rings (SSSR count). The monoisotopic (exact) mass is 302 g/mol. The molecule has 1 heterocycles. The SMILES string of the molecule is O=C(NCC1CCNCC1)c1cc(Cl)cc(Cl)c1O. The van der Waals surface area contributed by atoms with Gasteiger partial charge in [0.1, 0.15) is 5.75 Å². The Balaban J connectivity index is 1.99. The first-order valence-electron chi connectivity index (χ1n) is 6.25. The van der Waals surface area contributed by atoms with Crippen LogP contribution in [0.5, 0.6) is 5.75 Å². The van der Waals surface area contributed by atoms with E-state index < -0.39 is 0 Å². The number of aromatic hydroxyl groups is 1. The van der Waals surface area contributed by atoms with Crippen LogP contribution in [0.2, 0.25) is 10.0 Å². The number of phenolic OH excluding ortho intramolecular Hbond substituents is 1. The van der Waals surface area contributed by atoms with E-state index >= 15 is 0 Å². The lowest BCUT2D eigenvalue weighted by molar-refractivity contribution is 0.0941. The molecule has 4 nitrogen and oxygen atoms in total. The smallest absolute Gasteiger partial charge is 0.255 e. The predicted molar refractivity (Wildman–Crippen MR) is 76.1 cm³/mol. The van der Waals surface area contributed by atoms with Crippen LogP contribution in [0.25, 0.3) is 0 Å². The lowest BCUT2D eigenvalue weighted by Gasteiger charge is -2.22. The highest BCUT2D eigenvalue weighted by molar-refractivity contribution is 6.36. The summed E-state index contributed by atoms with van der Waals surface area (Å²) >= 11 is 11.6. The van der Waals surface area contributed by atoms with Crippen LogP contribution in [-0.2, 0) is 0 Å². The van der Waals surface area contributed by atoms with E-state index in [1.54, 1.807) is 0 Å². The van der Waals surface area contributed by atoms with Crippen molar-refractivity contribution in [2.45, 2.75) is 12.8 Å². The Labute approximate surface area is 122 Å². The average Bonchev–Trinajstić information content (AvgIpc) is 2.41. The number of nitrogens with one attached hydrogen (secondary N) is 2. The van der Waals surface area contributed by atoms with Crippen LogP contribution in [-0.4, -0.2) is 30.6 Å². The Bertz CT molecular complexity index is 474. The van der Waals surface area contributed by atoms with Gasteiger partial charge >= 0.3 is 0 Å². The second kappa shape index (κ2) is 6.46. The summed E-state index contributed by atoms with van der Waals surface area (Å²) in [5.41, 5.74) is 0.117. The highest BCUT2D eigenvalue weighted by atomic mass is 35.5. The van der Waals surface area contributed by atoms with Crippen molar-refractivity contribution in [2.75, 3.05) is 19.6 Å². The zero-order valence-electron chi connectivity index (χ0n) is 10.4. The predicted octanol–water partition coefficient (Wildman–Crippen LogP) is 2.43. The Morgan fingerprint density at radius 3 is 2.74 bits per heavy atom. The Morgan fingerprint density at radius 2 is 2.05 bits per heavy atom. The number of carbonyl (C=O) groups excluding carboxylic acids is 1. The van der Waals surface area contributed by atoms with Gasteiger partial charge in [-0.05, 0) is 44.0 Å². The fraction of sp³-hybridized carbons (Fsp3) is 0.462. The molecule has 0 saturated carbocycles. The lowest BCUT2D eigenvalue weighted by atomic mass is 9.98. The van der Waals surface area contributed by atoms with Crippen molar-refractivity contribution in [2.24, 2.45) is 5.92 Å². The van der Waals surface area contributed by atoms with Gasteiger partial charge in [-0.3, -0.25) is 4.79 Å². The molecule has 1 amide bonds. The molecule has 0 bridgehead atoms. The zero-order chi connectivity index (χ0) is 13.8. The van der Waals surface area contributed by atoms with E-state index in [0.717, 1.165) is 25.9 Å². The van der Waals surface area contributed by atoms with Gasteiger partial charge in [0.05, 0.1) is 10.6 Å². The Morgan fingerprint density at radius 1 is 1.37 bits per heavy atom. The molecular formula is C13H16Cl2N2O2. The number of carbonyl (C=O) groups is 1. The Kier molecular flexibility index (Phi) is 4.91. The maximum absolute atomic E-state index is 12.0. The third kappa shape index (κ3) is 3.75. The summed E-state index contributed by atoms with van der Waals surface area (Å²) in [6.07, 6.45) is 2.09. The van der Waals surface area contributed by atoms with Crippen LogP contribution >= 0.6 is 23.2 Å². The van der Waals surface area contributed by atoms with Gasteiger partial charge in [0.15, 0.2) is 0 Å². The van der Waals surface area contributed by atoms with Crippen molar-refractivity contribution in [3.8, 4) is 5.75 Å². The molecule has 1 saturated heterocycles. The molecule has 0 atom stereocenters. The second-order valence-corrected chi connectivity index (χ2v) is 5.53. The fourth-order valence-corrected chi connectivity index (χ4v) is 2.65. The molecule has 3 N–H and O–H groups in total. The molecule has 0 spiro atoms. The summed E-state index contributed by atoms with van der Waals surface area (Å²) in [5.74, 6) is -0.101. The van der Waals surface area contributed by atoms with Gasteiger partial charge in [0.25, 0.3) is 5.91 Å². The first-order valence-corrected chi connectivity index (χ1v) is 7.00. The molecule has 0 unspecified atom stereocenters. The normalized spacial score (nSPS) is 16.3. The number of piperidine rings is 1. The van der Waals surface area contributed by atoms with Gasteiger partial charge < -0.3 is 15.7 Å². The van der Waals surface area contributed by atoms with Crippen molar-refractivity contribution in [3.63, 3.8) is 0 Å². The van der Waals surface area contributed by atoms with Crippen LogP contribution in [0.15, 0.2) is 12.1 Å². The van der Waals surface area contributed by atoms with Crippen LogP contribution in [0, 0.1) is 5.92 Å². The van der Waals surface area contributed by atoms with Gasteiger partial charge in [-0.2, -0.15) is 0 Å². The molecule has 0 radical (unpaired) electrons. The number of hydrogen-bond donors (Lipinski definition) is 3. The molecule has 1 aromatic rings. The molecule has 104 valence electrons. The van der Waals surface area contributed by atoms with Crippen LogP contribution in [0.4, 0.5) is 0 Å². The van der Waals surface area contributed by atoms with Crippen LogP contribution in [0.1, 0.15) is 23.2 Å². The van der Waals surface area contributed by atoms with Crippen molar-refractivity contribution in [3.05, 3.63) is 27.7 Å². The summed E-state index contributed by atoms with van der Waals surface area (Å²) < 4.78 is 0. The van der Waals surface area contributed by atoms with Gasteiger partial charge in [0, 0.05) is 11.6 Å². The molecule has 1 aromatic carbocycles. The van der Waals surface area contributed by atoms with Gasteiger partial charge in [0.2, 0.25) is 0 Å². The minimum Gasteiger partial charge on any atom is -0.506 e. The van der Waals surface area contributed by atoms with Crippen LogP contribution in [0.3, 0.4) is 0 Å². The molecule has 0 aromatic heterocycles. The van der Waals surface area contributed by atoms with Gasteiger partial charge in [-0.15, -0.1) is 0 Å². The number of phenols is 1. The zero-order valence-corrected chi connectivity index (χ0v) is 11.9. The van der Waals surface area contributed by atoms with Crippen molar-refractivity contribution < 1.29 is 9.90 Å². The minimum absolute atomic E-state index is 0.0829. The first kappa shape index (κ1) is 14.4. The van der Waals surface area contributed by atoms with Gasteiger partial charge in [-0.25, -0.2) is 0 Å². The van der Waals surface area contributed by atoms with E-state index in [1.165, 1.54) is 12.1 Å². The third-order valence-electron chi connectivity index (χ3n) is 3.28. The summed E-state index contributed by atoms with van der Waals surface area (Å²) in [6, 6.07) is 2.82. The highest BCUT2D eigenvalue weighted by Crippen LogP contribution is 2.31. The number of halogens is 2. The van der Waals surface area contributed by atoms with Crippen molar-refractivity contribution >= 4 is 29.1 Å². The fourth-order valence-electron chi connectivity index (χ4n) is 2.16. The lowest BCUT2D eigenvalue weighted by Crippen LogP contribution is -2.36. The molecule has 0 aliphatic carbocycles. The summed E-state index contributed by atoms with van der Waals surface area (Å²) in [6.45, 7) is 2.56. The first-order chi connectivity index (χ1) is 9.08. The molecule has 6 heteroatoms. The molecule has 1 fully saturated rings. The second-order valence-electron chi connectivity index (χ2n) is 4.69. The number of benzene rings is 1. The quantitative estimate of drug-likeness (QED) is 0.803. The molecule has 19 heavy (non-hydrogen) atoms. The highest BCUT2D eigenvalue weighted by Gasteiger charge is 2.18. The number of hydrogen-bond acceptors (Lipinski definition) is 3. The van der Waals surface area contributed by atoms with Crippen LogP contribution < -0.4 is 10.6 Å². The van der Waals surface area contributed by atoms with Crippen molar-refractivity contribution in [1.29, 1.82) is 0 Å². The molecule has 1 aliphatic rings. The van der Waals surface area contributed by atoms with E-state index in [0.29, 0.717) is 17.5 Å². The van der Waals surface area contributed by atoms with E-state index in [1.807, 2.05) is 0 Å². The molecular weight excluding hydrogens is 287 g/mol.